The van der Waals surface area contributed by atoms with E-state index in [1.54, 1.807) is 31.4 Å². The van der Waals surface area contributed by atoms with Crippen LogP contribution in [0.5, 0.6) is 11.5 Å². The van der Waals surface area contributed by atoms with Gasteiger partial charge in [-0.15, -0.1) is 0 Å². The third-order valence-electron chi connectivity index (χ3n) is 5.08. The molecule has 9 heteroatoms. The smallest absolute Gasteiger partial charge is 0.283 e. The molecule has 2 aromatic carbocycles. The van der Waals surface area contributed by atoms with Gasteiger partial charge in [0, 0.05) is 10.6 Å². The van der Waals surface area contributed by atoms with E-state index in [4.69, 9.17) is 26.5 Å². The molecular formula is C24H23ClN4O3S. The van der Waals surface area contributed by atoms with Gasteiger partial charge in [-0.2, -0.15) is 15.1 Å². The Labute approximate surface area is 201 Å². The number of methoxy groups -OCH3 is 1. The number of halogens is 1. The van der Waals surface area contributed by atoms with Crippen molar-refractivity contribution in [1.29, 1.82) is 5.41 Å². The number of unbranched alkanes of at least 4 members (excludes halogenated alkanes) is 1. The Morgan fingerprint density at radius 1 is 1.21 bits per heavy atom. The van der Waals surface area contributed by atoms with E-state index in [1.165, 1.54) is 16.8 Å². The van der Waals surface area contributed by atoms with E-state index in [2.05, 4.69) is 17.0 Å². The molecule has 170 valence electrons. The summed E-state index contributed by atoms with van der Waals surface area (Å²) in [6, 6.07) is 12.8. The van der Waals surface area contributed by atoms with Gasteiger partial charge in [0.1, 0.15) is 11.7 Å². The van der Waals surface area contributed by atoms with E-state index in [1.807, 2.05) is 24.3 Å². The number of fused-ring (bicyclic) bond motifs is 1. The van der Waals surface area contributed by atoms with Crippen molar-refractivity contribution in [3.05, 3.63) is 64.2 Å². The average molecular weight is 483 g/mol. The standard InChI is InChI=1S/C24H23ClN4O3S/c1-3-4-9-21-28-29-22(26)17(23(30)27-24(29)33-21)12-15-10-11-19(20(13-15)31-2)32-14-16-7-5-6-8-18(16)25/h5-8,10-13,26H,3-4,9,14H2,1-2H3. The highest BCUT2D eigenvalue weighted by Crippen LogP contribution is 2.33. The van der Waals surface area contributed by atoms with Gasteiger partial charge in [-0.05, 0) is 54.4 Å². The Hall–Kier alpha value is -3.10. The third kappa shape index (κ3) is 5.12. The summed E-state index contributed by atoms with van der Waals surface area (Å²) in [6.45, 7) is 2.40. The van der Waals surface area contributed by atoms with E-state index >= 15 is 0 Å². The number of hydrogen-bond acceptors (Lipinski definition) is 6. The van der Waals surface area contributed by atoms with Gasteiger partial charge in [0.05, 0.1) is 12.7 Å². The maximum Gasteiger partial charge on any atom is 0.283 e. The minimum Gasteiger partial charge on any atom is -0.493 e. The molecule has 0 aliphatic carbocycles. The molecule has 0 saturated carbocycles. The second-order valence-electron chi connectivity index (χ2n) is 7.41. The first kappa shape index (κ1) is 23.1. The van der Waals surface area contributed by atoms with Crippen LogP contribution < -0.4 is 9.47 Å². The van der Waals surface area contributed by atoms with Crippen LogP contribution in [0.25, 0.3) is 6.08 Å². The number of amidine groups is 2. The molecule has 2 aliphatic heterocycles. The molecule has 33 heavy (non-hydrogen) atoms. The molecule has 0 radical (unpaired) electrons. The van der Waals surface area contributed by atoms with Crippen LogP contribution in [-0.4, -0.2) is 34.1 Å². The van der Waals surface area contributed by atoms with Gasteiger partial charge in [0.2, 0.25) is 5.17 Å². The number of rotatable bonds is 8. The second-order valence-corrected chi connectivity index (χ2v) is 8.86. The van der Waals surface area contributed by atoms with Crippen molar-refractivity contribution in [3.63, 3.8) is 0 Å². The van der Waals surface area contributed by atoms with Crippen LogP contribution in [-0.2, 0) is 11.4 Å². The molecule has 7 nitrogen and oxygen atoms in total. The molecular weight excluding hydrogens is 460 g/mol. The Kier molecular flexibility index (Phi) is 7.15. The van der Waals surface area contributed by atoms with Crippen LogP contribution in [0.1, 0.15) is 37.3 Å². The minimum absolute atomic E-state index is 0.0158. The number of hydrogen-bond donors (Lipinski definition) is 1. The monoisotopic (exact) mass is 482 g/mol. The number of nitrogens with zero attached hydrogens (tertiary/aromatic N) is 3. The third-order valence-corrected chi connectivity index (χ3v) is 6.42. The van der Waals surface area contributed by atoms with Crippen LogP contribution in [0.3, 0.4) is 0 Å². The molecule has 0 bridgehead atoms. The molecule has 0 fully saturated rings. The van der Waals surface area contributed by atoms with Gasteiger partial charge in [-0.1, -0.05) is 49.2 Å². The number of thioether (sulfide) groups is 1. The van der Waals surface area contributed by atoms with E-state index in [-0.39, 0.29) is 11.4 Å². The molecule has 2 aliphatic rings. The Morgan fingerprint density at radius 3 is 2.79 bits per heavy atom. The van der Waals surface area contributed by atoms with Crippen molar-refractivity contribution in [2.75, 3.05) is 7.11 Å². The largest absolute Gasteiger partial charge is 0.493 e. The van der Waals surface area contributed by atoms with Gasteiger partial charge in [0.15, 0.2) is 17.3 Å². The summed E-state index contributed by atoms with van der Waals surface area (Å²) in [7, 11) is 1.55. The summed E-state index contributed by atoms with van der Waals surface area (Å²) in [5.41, 5.74) is 1.72. The van der Waals surface area contributed by atoms with Gasteiger partial charge in [0.25, 0.3) is 5.91 Å². The number of carbonyl (C=O) groups excluding carboxylic acids is 1. The highest BCUT2D eigenvalue weighted by Gasteiger charge is 2.35. The highest BCUT2D eigenvalue weighted by atomic mass is 35.5. The topological polar surface area (TPSA) is 87.3 Å². The Balaban J connectivity index is 1.54. The molecule has 4 rings (SSSR count). The van der Waals surface area contributed by atoms with Crippen molar-refractivity contribution in [2.45, 2.75) is 32.8 Å². The molecule has 0 aromatic heterocycles. The summed E-state index contributed by atoms with van der Waals surface area (Å²) in [5.74, 6) is 0.615. The molecule has 2 aromatic rings. The lowest BCUT2D eigenvalue weighted by Crippen LogP contribution is -2.35. The second kappa shape index (κ2) is 10.2. The zero-order valence-electron chi connectivity index (χ0n) is 18.3. The maximum atomic E-state index is 12.6. The minimum atomic E-state index is -0.455. The van der Waals surface area contributed by atoms with Gasteiger partial charge < -0.3 is 9.47 Å². The van der Waals surface area contributed by atoms with Crippen molar-refractivity contribution in [1.82, 2.24) is 5.01 Å². The van der Waals surface area contributed by atoms with Gasteiger partial charge >= 0.3 is 0 Å². The van der Waals surface area contributed by atoms with Crippen molar-refractivity contribution >= 4 is 51.4 Å². The molecule has 0 saturated heterocycles. The summed E-state index contributed by atoms with van der Waals surface area (Å²) >= 11 is 7.56. The fraction of sp³-hybridized carbons (Fsp3) is 0.250. The zero-order chi connectivity index (χ0) is 23.4. The van der Waals surface area contributed by atoms with Crippen LogP contribution >= 0.6 is 23.4 Å². The molecule has 0 unspecified atom stereocenters. The molecule has 2 heterocycles. The predicted octanol–water partition coefficient (Wildman–Crippen LogP) is 5.74. The van der Waals surface area contributed by atoms with E-state index in [0.717, 1.165) is 29.9 Å². The van der Waals surface area contributed by atoms with Crippen LogP contribution in [0.2, 0.25) is 5.02 Å². The SMILES string of the molecule is CCCCC1=NN2C(=N)C(=Cc3ccc(OCc4ccccc4Cl)c(OC)c3)C(=O)N=C2S1. The lowest BCUT2D eigenvalue weighted by molar-refractivity contribution is -0.114. The summed E-state index contributed by atoms with van der Waals surface area (Å²) in [5, 5.41) is 16.4. The van der Waals surface area contributed by atoms with E-state index < -0.39 is 5.91 Å². The normalized spacial score (nSPS) is 16.6. The molecule has 0 spiro atoms. The fourth-order valence-corrected chi connectivity index (χ4v) is 4.41. The lowest BCUT2D eigenvalue weighted by Gasteiger charge is -2.20. The zero-order valence-corrected chi connectivity index (χ0v) is 19.9. The first-order valence-corrected chi connectivity index (χ1v) is 11.7. The maximum absolute atomic E-state index is 12.6. The highest BCUT2D eigenvalue weighted by molar-refractivity contribution is 8.26. The van der Waals surface area contributed by atoms with Crippen molar-refractivity contribution in [2.24, 2.45) is 10.1 Å². The number of benzene rings is 2. The Morgan fingerprint density at radius 2 is 2.03 bits per heavy atom. The van der Waals surface area contributed by atoms with Crippen LogP contribution in [0.15, 0.2) is 58.1 Å². The van der Waals surface area contributed by atoms with Crippen molar-refractivity contribution in [3.8, 4) is 11.5 Å². The summed E-state index contributed by atoms with van der Waals surface area (Å²) in [6.07, 6.45) is 4.48. The number of ether oxygens (including phenoxy) is 2. The average Bonchev–Trinajstić information content (AvgIpc) is 3.23. The molecule has 0 atom stereocenters. The first-order valence-electron chi connectivity index (χ1n) is 10.5. The van der Waals surface area contributed by atoms with E-state index in [0.29, 0.717) is 33.9 Å². The number of carbonyl (C=O) groups is 1. The number of aliphatic imine (C=N–C) groups is 1. The van der Waals surface area contributed by atoms with E-state index in [9.17, 15) is 4.79 Å². The predicted molar refractivity (Wildman–Crippen MR) is 133 cm³/mol. The number of hydrazone groups is 1. The van der Waals surface area contributed by atoms with Gasteiger partial charge in [-0.25, -0.2) is 0 Å². The summed E-state index contributed by atoms with van der Waals surface area (Å²) in [4.78, 5) is 16.8. The summed E-state index contributed by atoms with van der Waals surface area (Å²) < 4.78 is 11.4. The number of amides is 1. The lowest BCUT2D eigenvalue weighted by atomic mass is 10.1. The van der Waals surface area contributed by atoms with Gasteiger partial charge in [-0.3, -0.25) is 10.2 Å². The van der Waals surface area contributed by atoms with Crippen LogP contribution in [0.4, 0.5) is 0 Å². The van der Waals surface area contributed by atoms with Crippen LogP contribution in [0, 0.1) is 5.41 Å². The Bertz CT molecular complexity index is 1190. The molecule has 1 N–H and O–H groups in total. The first-order chi connectivity index (χ1) is 16.0. The fourth-order valence-electron chi connectivity index (χ4n) is 3.29. The van der Waals surface area contributed by atoms with Crippen molar-refractivity contribution < 1.29 is 14.3 Å². The quantitative estimate of drug-likeness (QED) is 0.485. The molecule has 1 amide bonds. The number of nitrogens with one attached hydrogen (secondary N) is 1.